The second-order valence-electron chi connectivity index (χ2n) is 4.73. The van der Waals surface area contributed by atoms with E-state index in [1.165, 1.54) is 6.07 Å². The molecule has 21 heavy (non-hydrogen) atoms. The van der Waals surface area contributed by atoms with Crippen molar-refractivity contribution in [2.75, 3.05) is 23.7 Å². The van der Waals surface area contributed by atoms with Gasteiger partial charge in [-0.25, -0.2) is 13.2 Å². The lowest BCUT2D eigenvalue weighted by Gasteiger charge is -2.12. The number of carboxylic acids is 1. The molecule has 1 aromatic rings. The number of hydrogen-bond acceptors (Lipinski definition) is 5. The molecule has 7 nitrogen and oxygen atoms in total. The first-order valence-electron chi connectivity index (χ1n) is 6.51. The molecule has 0 amide bonds. The number of ether oxygens (including phenoxy) is 2. The Labute approximate surface area is 122 Å². The van der Waals surface area contributed by atoms with Crippen LogP contribution in [0.1, 0.15) is 12.8 Å². The van der Waals surface area contributed by atoms with E-state index in [9.17, 15) is 13.2 Å². The summed E-state index contributed by atoms with van der Waals surface area (Å²) in [5.41, 5.74) is 0.330. The minimum Gasteiger partial charge on any atom is -0.482 e. The fourth-order valence-electron chi connectivity index (χ4n) is 2.04. The zero-order chi connectivity index (χ0) is 15.3. The Hall–Kier alpha value is -1.80. The van der Waals surface area contributed by atoms with Crippen molar-refractivity contribution in [2.24, 2.45) is 0 Å². The average Bonchev–Trinajstić information content (AvgIpc) is 2.88. The molecule has 116 valence electrons. The second-order valence-corrected chi connectivity index (χ2v) is 6.50. The van der Waals surface area contributed by atoms with Crippen LogP contribution in [-0.2, 0) is 19.6 Å². The SMILES string of the molecule is O=C(O)COc1cccc(NS(=O)(=O)CC2CCCO2)c1. The third kappa shape index (κ3) is 5.24. The number of carboxylic acid groups (broad SMARTS) is 1. The van der Waals surface area contributed by atoms with Gasteiger partial charge in [0.05, 0.1) is 17.5 Å². The van der Waals surface area contributed by atoms with Crippen molar-refractivity contribution >= 4 is 21.7 Å². The third-order valence-electron chi connectivity index (χ3n) is 2.90. The van der Waals surface area contributed by atoms with Gasteiger partial charge in [-0.2, -0.15) is 0 Å². The Morgan fingerprint density at radius 3 is 2.95 bits per heavy atom. The summed E-state index contributed by atoms with van der Waals surface area (Å²) >= 11 is 0. The van der Waals surface area contributed by atoms with E-state index >= 15 is 0 Å². The number of aliphatic carboxylic acids is 1. The molecule has 0 bridgehead atoms. The highest BCUT2D eigenvalue weighted by Crippen LogP contribution is 2.20. The molecule has 1 aliphatic rings. The van der Waals surface area contributed by atoms with Crippen LogP contribution in [0.5, 0.6) is 5.75 Å². The van der Waals surface area contributed by atoms with E-state index in [1.54, 1.807) is 18.2 Å². The van der Waals surface area contributed by atoms with Crippen LogP contribution < -0.4 is 9.46 Å². The maximum atomic E-state index is 12.0. The smallest absolute Gasteiger partial charge is 0.341 e. The minimum absolute atomic E-state index is 0.0901. The average molecular weight is 315 g/mol. The van der Waals surface area contributed by atoms with Crippen LogP contribution >= 0.6 is 0 Å². The number of hydrogen-bond donors (Lipinski definition) is 2. The number of anilines is 1. The van der Waals surface area contributed by atoms with Crippen LogP contribution in [-0.4, -0.2) is 44.6 Å². The summed E-state index contributed by atoms with van der Waals surface area (Å²) in [7, 11) is -3.51. The van der Waals surface area contributed by atoms with Gasteiger partial charge in [0.1, 0.15) is 5.75 Å². The van der Waals surface area contributed by atoms with Gasteiger partial charge in [0.15, 0.2) is 6.61 Å². The first-order valence-corrected chi connectivity index (χ1v) is 8.16. The number of sulfonamides is 1. The fourth-order valence-corrected chi connectivity index (χ4v) is 3.36. The van der Waals surface area contributed by atoms with E-state index < -0.39 is 22.6 Å². The molecule has 2 rings (SSSR count). The van der Waals surface area contributed by atoms with Crippen molar-refractivity contribution in [3.8, 4) is 5.75 Å². The van der Waals surface area contributed by atoms with Crippen LogP contribution in [0.2, 0.25) is 0 Å². The van der Waals surface area contributed by atoms with Gasteiger partial charge in [0.2, 0.25) is 10.0 Å². The van der Waals surface area contributed by atoms with Gasteiger partial charge >= 0.3 is 5.97 Å². The highest BCUT2D eigenvalue weighted by atomic mass is 32.2. The molecule has 1 aromatic carbocycles. The van der Waals surface area contributed by atoms with Crippen LogP contribution in [0, 0.1) is 0 Å². The van der Waals surface area contributed by atoms with E-state index in [1.807, 2.05) is 0 Å². The molecule has 0 aromatic heterocycles. The van der Waals surface area contributed by atoms with Gasteiger partial charge in [-0.15, -0.1) is 0 Å². The molecular formula is C13H17NO6S. The Morgan fingerprint density at radius 2 is 2.29 bits per heavy atom. The summed E-state index contributed by atoms with van der Waals surface area (Å²) in [6.07, 6.45) is 1.34. The Morgan fingerprint density at radius 1 is 1.48 bits per heavy atom. The van der Waals surface area contributed by atoms with E-state index in [0.29, 0.717) is 12.3 Å². The van der Waals surface area contributed by atoms with E-state index in [0.717, 1.165) is 12.8 Å². The van der Waals surface area contributed by atoms with Crippen molar-refractivity contribution in [2.45, 2.75) is 18.9 Å². The Kier molecular flexibility index (Phi) is 5.03. The Balaban J connectivity index is 1.97. The third-order valence-corrected chi connectivity index (χ3v) is 4.26. The molecule has 0 saturated carbocycles. The standard InChI is InChI=1S/C13H17NO6S/c15-13(16)8-20-11-4-1-3-10(7-11)14-21(17,18)9-12-5-2-6-19-12/h1,3-4,7,12,14H,2,5-6,8-9H2,(H,15,16). The molecule has 1 heterocycles. The lowest BCUT2D eigenvalue weighted by Crippen LogP contribution is -2.25. The maximum absolute atomic E-state index is 12.0. The lowest BCUT2D eigenvalue weighted by molar-refractivity contribution is -0.139. The highest BCUT2D eigenvalue weighted by Gasteiger charge is 2.23. The predicted octanol–water partition coefficient (Wildman–Crippen LogP) is 1.07. The first kappa shape index (κ1) is 15.6. The maximum Gasteiger partial charge on any atom is 0.341 e. The molecular weight excluding hydrogens is 298 g/mol. The normalized spacial score (nSPS) is 18.4. The van der Waals surface area contributed by atoms with Crippen molar-refractivity contribution < 1.29 is 27.8 Å². The second kappa shape index (κ2) is 6.77. The molecule has 1 aliphatic heterocycles. The number of nitrogens with one attached hydrogen (secondary N) is 1. The van der Waals surface area contributed by atoms with Crippen LogP contribution in [0.25, 0.3) is 0 Å². The van der Waals surface area contributed by atoms with Crippen LogP contribution in [0.3, 0.4) is 0 Å². The molecule has 0 spiro atoms. The highest BCUT2D eigenvalue weighted by molar-refractivity contribution is 7.92. The van der Waals surface area contributed by atoms with Crippen molar-refractivity contribution in [1.82, 2.24) is 0 Å². The summed E-state index contributed by atoms with van der Waals surface area (Å²) in [6, 6.07) is 6.15. The minimum atomic E-state index is -3.51. The molecule has 2 N–H and O–H groups in total. The molecule has 1 saturated heterocycles. The zero-order valence-electron chi connectivity index (χ0n) is 11.3. The molecule has 1 atom stereocenters. The molecule has 0 aliphatic carbocycles. The van der Waals surface area contributed by atoms with Gasteiger partial charge in [0.25, 0.3) is 0 Å². The van der Waals surface area contributed by atoms with Gasteiger partial charge in [-0.3, -0.25) is 4.72 Å². The summed E-state index contributed by atoms with van der Waals surface area (Å²) in [6.45, 7) is 0.116. The van der Waals surface area contributed by atoms with Crippen LogP contribution in [0.15, 0.2) is 24.3 Å². The number of benzene rings is 1. The molecule has 1 fully saturated rings. The first-order chi connectivity index (χ1) is 9.94. The van der Waals surface area contributed by atoms with Crippen molar-refractivity contribution in [1.29, 1.82) is 0 Å². The number of carbonyl (C=O) groups is 1. The van der Waals surface area contributed by atoms with Gasteiger partial charge in [-0.1, -0.05) is 6.07 Å². The predicted molar refractivity (Wildman–Crippen MR) is 76.0 cm³/mol. The molecule has 0 radical (unpaired) electrons. The lowest BCUT2D eigenvalue weighted by atomic mass is 10.3. The van der Waals surface area contributed by atoms with Gasteiger partial charge in [0, 0.05) is 12.7 Å². The van der Waals surface area contributed by atoms with E-state index in [4.69, 9.17) is 14.6 Å². The van der Waals surface area contributed by atoms with E-state index in [-0.39, 0.29) is 17.6 Å². The topological polar surface area (TPSA) is 102 Å². The summed E-state index contributed by atoms with van der Waals surface area (Å²) < 4.78 is 36.8. The van der Waals surface area contributed by atoms with Crippen molar-refractivity contribution in [3.05, 3.63) is 24.3 Å². The van der Waals surface area contributed by atoms with E-state index in [2.05, 4.69) is 4.72 Å². The quantitative estimate of drug-likeness (QED) is 0.780. The largest absolute Gasteiger partial charge is 0.482 e. The Bertz CT molecular complexity index is 594. The molecule has 8 heteroatoms. The monoisotopic (exact) mass is 315 g/mol. The summed E-state index contributed by atoms with van der Waals surface area (Å²) in [5, 5.41) is 8.54. The van der Waals surface area contributed by atoms with Crippen molar-refractivity contribution in [3.63, 3.8) is 0 Å². The number of rotatable bonds is 7. The fraction of sp³-hybridized carbons (Fsp3) is 0.462. The molecule has 1 unspecified atom stereocenters. The van der Waals surface area contributed by atoms with Crippen LogP contribution in [0.4, 0.5) is 5.69 Å². The summed E-state index contributed by atoms with van der Waals surface area (Å²) in [5.74, 6) is -0.901. The van der Waals surface area contributed by atoms with Gasteiger partial charge < -0.3 is 14.6 Å². The van der Waals surface area contributed by atoms with Gasteiger partial charge in [-0.05, 0) is 25.0 Å². The zero-order valence-corrected chi connectivity index (χ0v) is 12.1. The summed E-state index contributed by atoms with van der Waals surface area (Å²) in [4.78, 5) is 10.4.